The minimum absolute atomic E-state index is 0.680. The summed E-state index contributed by atoms with van der Waals surface area (Å²) in [7, 11) is 0. The standard InChI is InChI=1S/C15H20BrN3O/c1-2-8-17-9-4-7-14-18-19-15(20-14)11-12-5-3-6-13(16)10-12/h3,5-6,10,17H,2,4,7-9,11H2,1H3. The Morgan fingerprint density at radius 2 is 2.05 bits per heavy atom. The first-order chi connectivity index (χ1) is 9.78. The van der Waals surface area contributed by atoms with Crippen LogP contribution in [0.4, 0.5) is 0 Å². The van der Waals surface area contributed by atoms with E-state index in [0.717, 1.165) is 42.7 Å². The minimum atomic E-state index is 0.680. The fourth-order valence-corrected chi connectivity index (χ4v) is 2.40. The largest absolute Gasteiger partial charge is 0.425 e. The molecule has 108 valence electrons. The van der Waals surface area contributed by atoms with Crippen LogP contribution in [0, 0.1) is 0 Å². The first kappa shape index (κ1) is 15.2. The van der Waals surface area contributed by atoms with Gasteiger partial charge >= 0.3 is 0 Å². The minimum Gasteiger partial charge on any atom is -0.425 e. The van der Waals surface area contributed by atoms with Gasteiger partial charge in [-0.05, 0) is 43.6 Å². The van der Waals surface area contributed by atoms with Crippen molar-refractivity contribution in [3.8, 4) is 0 Å². The molecule has 0 amide bonds. The monoisotopic (exact) mass is 337 g/mol. The van der Waals surface area contributed by atoms with E-state index in [1.165, 1.54) is 5.56 Å². The summed E-state index contributed by atoms with van der Waals surface area (Å²) >= 11 is 3.46. The SMILES string of the molecule is CCCNCCCc1nnc(Cc2cccc(Br)c2)o1. The van der Waals surface area contributed by atoms with Gasteiger partial charge in [0.05, 0.1) is 6.42 Å². The normalized spacial score (nSPS) is 10.9. The number of halogens is 1. The number of hydrogen-bond donors (Lipinski definition) is 1. The third kappa shape index (κ3) is 5.06. The van der Waals surface area contributed by atoms with Crippen LogP contribution in [-0.4, -0.2) is 23.3 Å². The van der Waals surface area contributed by atoms with Gasteiger partial charge < -0.3 is 9.73 Å². The van der Waals surface area contributed by atoms with Gasteiger partial charge in [0, 0.05) is 10.9 Å². The van der Waals surface area contributed by atoms with Crippen molar-refractivity contribution >= 4 is 15.9 Å². The average Bonchev–Trinajstić information content (AvgIpc) is 2.86. The highest BCUT2D eigenvalue weighted by atomic mass is 79.9. The third-order valence-corrected chi connectivity index (χ3v) is 3.42. The number of benzene rings is 1. The predicted molar refractivity (Wildman–Crippen MR) is 82.7 cm³/mol. The summed E-state index contributed by atoms with van der Waals surface area (Å²) in [6.07, 6.45) is 3.71. The lowest BCUT2D eigenvalue weighted by Crippen LogP contribution is -2.16. The topological polar surface area (TPSA) is 51.0 Å². The van der Waals surface area contributed by atoms with Gasteiger partial charge in [0.25, 0.3) is 0 Å². The van der Waals surface area contributed by atoms with Crippen molar-refractivity contribution in [3.05, 3.63) is 46.1 Å². The molecule has 0 bridgehead atoms. The summed E-state index contributed by atoms with van der Waals surface area (Å²) < 4.78 is 6.74. The highest BCUT2D eigenvalue weighted by Crippen LogP contribution is 2.15. The zero-order chi connectivity index (χ0) is 14.2. The molecule has 0 aliphatic heterocycles. The molecule has 0 aliphatic carbocycles. The molecule has 0 unspecified atom stereocenters. The Balaban J connectivity index is 1.80. The number of nitrogens with one attached hydrogen (secondary N) is 1. The third-order valence-electron chi connectivity index (χ3n) is 2.92. The van der Waals surface area contributed by atoms with Crippen LogP contribution in [0.1, 0.15) is 37.1 Å². The molecule has 0 spiro atoms. The van der Waals surface area contributed by atoms with Gasteiger partial charge in [0.2, 0.25) is 11.8 Å². The van der Waals surface area contributed by atoms with E-state index < -0.39 is 0 Å². The second-order valence-corrected chi connectivity index (χ2v) is 5.67. The van der Waals surface area contributed by atoms with E-state index in [1.54, 1.807) is 0 Å². The Morgan fingerprint density at radius 1 is 1.20 bits per heavy atom. The van der Waals surface area contributed by atoms with Gasteiger partial charge in [-0.15, -0.1) is 10.2 Å². The Hall–Kier alpha value is -1.20. The Bertz CT molecular complexity index is 527. The number of hydrogen-bond acceptors (Lipinski definition) is 4. The summed E-state index contributed by atoms with van der Waals surface area (Å²) in [5.41, 5.74) is 1.17. The molecule has 1 aromatic heterocycles. The number of aromatic nitrogens is 2. The van der Waals surface area contributed by atoms with Gasteiger partial charge in [0.15, 0.2) is 0 Å². The highest BCUT2D eigenvalue weighted by Gasteiger charge is 2.07. The number of nitrogens with zero attached hydrogens (tertiary/aromatic N) is 2. The fraction of sp³-hybridized carbons (Fsp3) is 0.467. The number of aryl methyl sites for hydroxylation is 1. The van der Waals surface area contributed by atoms with Crippen LogP contribution < -0.4 is 5.32 Å². The maximum atomic E-state index is 5.67. The molecular weight excluding hydrogens is 318 g/mol. The molecule has 1 aromatic carbocycles. The maximum absolute atomic E-state index is 5.67. The lowest BCUT2D eigenvalue weighted by molar-refractivity contribution is 0.449. The van der Waals surface area contributed by atoms with Gasteiger partial charge in [0.1, 0.15) is 0 Å². The van der Waals surface area contributed by atoms with E-state index in [4.69, 9.17) is 4.42 Å². The van der Waals surface area contributed by atoms with Crippen LogP contribution in [0.25, 0.3) is 0 Å². The zero-order valence-corrected chi connectivity index (χ0v) is 13.3. The molecule has 4 nitrogen and oxygen atoms in total. The van der Waals surface area contributed by atoms with E-state index >= 15 is 0 Å². The second kappa shape index (κ2) is 8.17. The summed E-state index contributed by atoms with van der Waals surface area (Å²) in [6, 6.07) is 8.14. The Kier molecular flexibility index (Phi) is 6.21. The molecule has 0 atom stereocenters. The quantitative estimate of drug-likeness (QED) is 0.750. The molecule has 5 heteroatoms. The molecule has 20 heavy (non-hydrogen) atoms. The summed E-state index contributed by atoms with van der Waals surface area (Å²) in [5, 5.41) is 11.6. The summed E-state index contributed by atoms with van der Waals surface area (Å²) in [4.78, 5) is 0. The summed E-state index contributed by atoms with van der Waals surface area (Å²) in [5.74, 6) is 1.41. The van der Waals surface area contributed by atoms with Gasteiger partial charge in [-0.3, -0.25) is 0 Å². The summed E-state index contributed by atoms with van der Waals surface area (Å²) in [6.45, 7) is 4.23. The lowest BCUT2D eigenvalue weighted by Gasteiger charge is -2.00. The van der Waals surface area contributed by atoms with E-state index in [0.29, 0.717) is 12.3 Å². The molecule has 2 aromatic rings. The van der Waals surface area contributed by atoms with Crippen LogP contribution in [0.3, 0.4) is 0 Å². The van der Waals surface area contributed by atoms with E-state index in [2.05, 4.69) is 50.5 Å². The van der Waals surface area contributed by atoms with Gasteiger partial charge in [-0.2, -0.15) is 0 Å². The van der Waals surface area contributed by atoms with Crippen molar-refractivity contribution in [3.63, 3.8) is 0 Å². The molecule has 1 N–H and O–H groups in total. The van der Waals surface area contributed by atoms with Gasteiger partial charge in [-0.25, -0.2) is 0 Å². The zero-order valence-electron chi connectivity index (χ0n) is 11.7. The van der Waals surface area contributed by atoms with Crippen molar-refractivity contribution in [2.45, 2.75) is 32.6 Å². The molecule has 0 fully saturated rings. The van der Waals surface area contributed by atoms with E-state index in [1.807, 2.05) is 12.1 Å². The maximum Gasteiger partial charge on any atom is 0.220 e. The molecular formula is C15H20BrN3O. The van der Waals surface area contributed by atoms with Crippen molar-refractivity contribution in [2.75, 3.05) is 13.1 Å². The first-order valence-corrected chi connectivity index (χ1v) is 7.83. The van der Waals surface area contributed by atoms with Crippen molar-refractivity contribution in [1.29, 1.82) is 0 Å². The van der Waals surface area contributed by atoms with Crippen molar-refractivity contribution < 1.29 is 4.42 Å². The first-order valence-electron chi connectivity index (χ1n) is 7.04. The molecule has 0 radical (unpaired) electrons. The molecule has 1 heterocycles. The fourth-order valence-electron chi connectivity index (χ4n) is 1.95. The van der Waals surface area contributed by atoms with E-state index in [-0.39, 0.29) is 0 Å². The predicted octanol–water partition coefficient (Wildman–Crippen LogP) is 3.36. The van der Waals surface area contributed by atoms with Gasteiger partial charge in [-0.1, -0.05) is 35.0 Å². The Morgan fingerprint density at radius 3 is 2.85 bits per heavy atom. The highest BCUT2D eigenvalue weighted by molar-refractivity contribution is 9.10. The molecule has 0 saturated heterocycles. The van der Waals surface area contributed by atoms with Crippen molar-refractivity contribution in [1.82, 2.24) is 15.5 Å². The number of rotatable bonds is 8. The average molecular weight is 338 g/mol. The second-order valence-electron chi connectivity index (χ2n) is 4.75. The van der Waals surface area contributed by atoms with Crippen LogP contribution in [0.2, 0.25) is 0 Å². The van der Waals surface area contributed by atoms with Crippen molar-refractivity contribution in [2.24, 2.45) is 0 Å². The molecule has 0 saturated carbocycles. The van der Waals surface area contributed by atoms with Crippen LogP contribution in [0.15, 0.2) is 33.2 Å². The van der Waals surface area contributed by atoms with Crippen LogP contribution >= 0.6 is 15.9 Å². The van der Waals surface area contributed by atoms with Crippen LogP contribution in [-0.2, 0) is 12.8 Å². The molecule has 2 rings (SSSR count). The van der Waals surface area contributed by atoms with E-state index in [9.17, 15) is 0 Å². The molecule has 0 aliphatic rings. The Labute approximate surface area is 128 Å². The smallest absolute Gasteiger partial charge is 0.220 e. The van der Waals surface area contributed by atoms with Crippen LogP contribution in [0.5, 0.6) is 0 Å². The lowest BCUT2D eigenvalue weighted by atomic mass is 10.1.